The van der Waals surface area contributed by atoms with E-state index in [0.29, 0.717) is 0 Å². The number of aliphatic hydroxyl groups excluding tert-OH is 1. The van der Waals surface area contributed by atoms with Gasteiger partial charge in [0.25, 0.3) is 0 Å². The first-order chi connectivity index (χ1) is 12.2. The van der Waals surface area contributed by atoms with Crippen LogP contribution in [0.1, 0.15) is 6.23 Å². The van der Waals surface area contributed by atoms with Crippen molar-refractivity contribution in [2.45, 2.75) is 24.5 Å². The molecule has 0 amide bonds. The Balaban J connectivity index is 1.91. The number of nitrogen functional groups attached to an aromatic ring is 1. The Bertz CT molecular complexity index is 872. The van der Waals surface area contributed by atoms with Crippen molar-refractivity contribution in [3.8, 4) is 0 Å². The second-order valence-corrected chi connectivity index (χ2v) is 7.16. The van der Waals surface area contributed by atoms with Gasteiger partial charge in [-0.3, -0.25) is 9.09 Å². The van der Waals surface area contributed by atoms with Crippen LogP contribution < -0.4 is 5.73 Å². The highest BCUT2D eigenvalue weighted by Crippen LogP contribution is 2.41. The van der Waals surface area contributed by atoms with Gasteiger partial charge in [-0.05, 0) is 0 Å². The second-order valence-electron chi connectivity index (χ2n) is 5.23. The molecule has 142 valence electrons. The van der Waals surface area contributed by atoms with Gasteiger partial charge in [0.15, 0.2) is 23.8 Å². The summed E-state index contributed by atoms with van der Waals surface area (Å²) in [6.07, 6.45) is -2.93. The fourth-order valence-corrected chi connectivity index (χ4v) is 3.35. The molecule has 5 atom stereocenters. The first-order valence-electron chi connectivity index (χ1n) is 6.97. The molecule has 1 saturated heterocycles. The van der Waals surface area contributed by atoms with Gasteiger partial charge in [0, 0.05) is 4.57 Å². The molecule has 0 aliphatic carbocycles. The Labute approximate surface area is 145 Å². The number of ether oxygens (including phenoxy) is 1. The minimum absolute atomic E-state index is 0.0915. The first kappa shape index (κ1) is 19.2. The molecule has 2 aromatic heterocycles. The summed E-state index contributed by atoms with van der Waals surface area (Å²) in [7, 11) is -7.96. The standard InChI is InChI=1S/C10H13N5O9P2/c11-8-5-9(13-2-12-8)15(3-14-5)10-6(16)7(24-25(17)18)4(23-10)1-22-26(19,20)21/h2-4,6-7,10,16H,1H2,(H4-,11,12,13,17,18,19,20,21)/p+1/t4-,6-,7-,10-/m1/s1. The molecule has 0 aromatic carbocycles. The van der Waals surface area contributed by atoms with Crippen LogP contribution in [0.3, 0.4) is 0 Å². The van der Waals surface area contributed by atoms with E-state index in [4.69, 9.17) is 29.7 Å². The quantitative estimate of drug-likeness (QED) is 0.355. The van der Waals surface area contributed by atoms with Gasteiger partial charge in [0.05, 0.1) is 12.9 Å². The molecule has 0 spiro atoms. The van der Waals surface area contributed by atoms with E-state index in [1.807, 2.05) is 0 Å². The lowest BCUT2D eigenvalue weighted by Gasteiger charge is -2.16. The maximum atomic E-state index is 11.0. The van der Waals surface area contributed by atoms with E-state index in [1.54, 1.807) is 0 Å². The normalized spacial score (nSPS) is 27.2. The third-order valence-electron chi connectivity index (χ3n) is 3.59. The number of fused-ring (bicyclic) bond motifs is 1. The molecular weight excluding hydrogens is 396 g/mol. The molecule has 0 saturated carbocycles. The summed E-state index contributed by atoms with van der Waals surface area (Å²) >= 11 is 0. The smallest absolute Gasteiger partial charge is 0.385 e. The highest BCUT2D eigenvalue weighted by Gasteiger charge is 2.51. The average molecular weight is 410 g/mol. The summed E-state index contributed by atoms with van der Waals surface area (Å²) in [4.78, 5) is 38.4. The largest absolute Gasteiger partial charge is 0.695 e. The Kier molecular flexibility index (Phi) is 5.30. The molecular formula is C10H14N5O9P2+. The third-order valence-corrected chi connectivity index (χ3v) is 4.50. The van der Waals surface area contributed by atoms with Gasteiger partial charge in [0.2, 0.25) is 0 Å². The van der Waals surface area contributed by atoms with Crippen molar-refractivity contribution in [2.75, 3.05) is 12.3 Å². The van der Waals surface area contributed by atoms with Gasteiger partial charge in [-0.2, -0.15) is 0 Å². The topological polar surface area (TPSA) is 212 Å². The molecule has 3 rings (SSSR count). The Morgan fingerprint density at radius 3 is 2.77 bits per heavy atom. The van der Waals surface area contributed by atoms with Crippen LogP contribution in [0, 0.1) is 0 Å². The van der Waals surface area contributed by atoms with Crippen LogP contribution in [0.15, 0.2) is 12.7 Å². The highest BCUT2D eigenvalue weighted by molar-refractivity contribution is 7.46. The number of phosphoric ester groups is 1. The van der Waals surface area contributed by atoms with Crippen LogP contribution in [0.25, 0.3) is 11.2 Å². The fourth-order valence-electron chi connectivity index (χ4n) is 2.54. The molecule has 26 heavy (non-hydrogen) atoms. The first-order valence-corrected chi connectivity index (χ1v) is 9.63. The molecule has 0 bridgehead atoms. The SMILES string of the molecule is Nc1ncnc2c1ncn2[C@@H]1O[C@H](COP(=O)(O)O)[C@@H](O[P+](=O)O)[C@H]1O. The number of rotatable bonds is 6. The zero-order valence-corrected chi connectivity index (χ0v) is 14.6. The number of nitrogens with zero attached hydrogens (tertiary/aromatic N) is 4. The number of imidazole rings is 1. The van der Waals surface area contributed by atoms with E-state index in [-0.39, 0.29) is 17.0 Å². The Morgan fingerprint density at radius 1 is 1.38 bits per heavy atom. The Morgan fingerprint density at radius 2 is 2.12 bits per heavy atom. The summed E-state index contributed by atoms with van der Waals surface area (Å²) in [5.74, 6) is 0.0915. The van der Waals surface area contributed by atoms with Crippen molar-refractivity contribution in [1.29, 1.82) is 0 Å². The number of hydrogen-bond donors (Lipinski definition) is 5. The molecule has 3 heterocycles. The summed E-state index contributed by atoms with van der Waals surface area (Å²) < 4.78 is 37.8. The molecule has 16 heteroatoms. The van der Waals surface area contributed by atoms with E-state index >= 15 is 0 Å². The van der Waals surface area contributed by atoms with Gasteiger partial charge >= 0.3 is 16.1 Å². The predicted octanol–water partition coefficient (Wildman–Crippen LogP) is -1.19. The maximum absolute atomic E-state index is 11.0. The lowest BCUT2D eigenvalue weighted by atomic mass is 10.1. The summed E-state index contributed by atoms with van der Waals surface area (Å²) in [6.45, 7) is -0.699. The zero-order chi connectivity index (χ0) is 19.1. The summed E-state index contributed by atoms with van der Waals surface area (Å²) in [6, 6.07) is 0. The van der Waals surface area contributed by atoms with Gasteiger partial charge in [-0.1, -0.05) is 0 Å². The molecule has 1 unspecified atom stereocenters. The fraction of sp³-hybridized carbons (Fsp3) is 0.500. The Hall–Kier alpha value is -1.60. The monoisotopic (exact) mass is 410 g/mol. The van der Waals surface area contributed by atoms with Crippen LogP contribution >= 0.6 is 16.1 Å². The number of aromatic nitrogens is 4. The zero-order valence-electron chi connectivity index (χ0n) is 12.8. The van der Waals surface area contributed by atoms with E-state index < -0.39 is 47.2 Å². The predicted molar refractivity (Wildman–Crippen MR) is 82.3 cm³/mol. The van der Waals surface area contributed by atoms with Crippen molar-refractivity contribution in [3.63, 3.8) is 0 Å². The minimum Gasteiger partial charge on any atom is -0.385 e. The van der Waals surface area contributed by atoms with Crippen molar-refractivity contribution in [1.82, 2.24) is 19.5 Å². The van der Waals surface area contributed by atoms with E-state index in [2.05, 4.69) is 19.5 Å². The van der Waals surface area contributed by atoms with Crippen molar-refractivity contribution in [3.05, 3.63) is 12.7 Å². The molecule has 1 aliphatic rings. The lowest BCUT2D eigenvalue weighted by Crippen LogP contribution is -2.35. The maximum Gasteiger partial charge on any atom is 0.695 e. The van der Waals surface area contributed by atoms with E-state index in [0.717, 1.165) is 0 Å². The third kappa shape index (κ3) is 3.88. The molecule has 1 fully saturated rings. The molecule has 6 N–H and O–H groups in total. The van der Waals surface area contributed by atoms with Crippen LogP contribution in [0.4, 0.5) is 5.82 Å². The van der Waals surface area contributed by atoms with Crippen LogP contribution in [-0.4, -0.2) is 64.2 Å². The number of hydrogen-bond acceptors (Lipinski definition) is 10. The van der Waals surface area contributed by atoms with Gasteiger partial charge in [-0.25, -0.2) is 19.5 Å². The molecule has 0 radical (unpaired) electrons. The van der Waals surface area contributed by atoms with Gasteiger partial charge in [0.1, 0.15) is 24.1 Å². The van der Waals surface area contributed by atoms with Crippen molar-refractivity contribution >= 4 is 33.1 Å². The second kappa shape index (κ2) is 7.19. The van der Waals surface area contributed by atoms with Gasteiger partial charge < -0.3 is 25.4 Å². The number of phosphoric acid groups is 1. The van der Waals surface area contributed by atoms with Crippen LogP contribution in [0.2, 0.25) is 0 Å². The number of anilines is 1. The highest BCUT2D eigenvalue weighted by atomic mass is 31.2. The molecule has 14 nitrogen and oxygen atoms in total. The van der Waals surface area contributed by atoms with Crippen LogP contribution in [0.5, 0.6) is 0 Å². The molecule has 2 aromatic rings. The van der Waals surface area contributed by atoms with Crippen LogP contribution in [-0.2, 0) is 22.9 Å². The van der Waals surface area contributed by atoms with E-state index in [9.17, 15) is 14.2 Å². The number of nitrogens with two attached hydrogens (primary N) is 1. The minimum atomic E-state index is -4.83. The lowest BCUT2D eigenvalue weighted by molar-refractivity contribution is -0.0497. The molecule has 1 aliphatic heterocycles. The van der Waals surface area contributed by atoms with Gasteiger partial charge in [-0.15, -0.1) is 9.42 Å². The number of aliphatic hydroxyl groups is 1. The van der Waals surface area contributed by atoms with Crippen molar-refractivity contribution < 1.29 is 42.7 Å². The summed E-state index contributed by atoms with van der Waals surface area (Å²) in [5.41, 5.74) is 6.14. The van der Waals surface area contributed by atoms with Crippen molar-refractivity contribution in [2.24, 2.45) is 0 Å². The summed E-state index contributed by atoms with van der Waals surface area (Å²) in [5, 5.41) is 10.4. The average Bonchev–Trinajstić information content (AvgIpc) is 3.08. The van der Waals surface area contributed by atoms with E-state index in [1.165, 1.54) is 17.2 Å².